The van der Waals surface area contributed by atoms with Crippen LogP contribution in [0.25, 0.3) is 111 Å². The second-order valence-electron chi connectivity index (χ2n) is 13.7. The van der Waals surface area contributed by atoms with E-state index in [0.29, 0.717) is 5.82 Å². The molecule has 0 bridgehead atoms. The molecule has 0 unspecified atom stereocenters. The number of para-hydroxylation sites is 2. The zero-order valence-electron chi connectivity index (χ0n) is 29.0. The molecule has 4 nitrogen and oxygen atoms in total. The van der Waals surface area contributed by atoms with Gasteiger partial charge in [0.25, 0.3) is 0 Å². The van der Waals surface area contributed by atoms with Crippen LogP contribution in [0, 0.1) is 0 Å². The van der Waals surface area contributed by atoms with E-state index in [1.165, 1.54) is 10.8 Å². The summed E-state index contributed by atoms with van der Waals surface area (Å²) in [5.41, 5.74) is 12.5. The molecule has 0 amide bonds. The number of rotatable bonds is 5. The first kappa shape index (κ1) is 30.3. The van der Waals surface area contributed by atoms with E-state index in [1.807, 2.05) is 42.5 Å². The number of furan rings is 2. The fraction of sp³-hybridized carbons (Fsp3) is 0. The third-order valence-electron chi connectivity index (χ3n) is 10.5. The Bertz CT molecular complexity index is 3220. The van der Waals surface area contributed by atoms with Gasteiger partial charge in [-0.25, -0.2) is 9.97 Å². The van der Waals surface area contributed by atoms with Crippen LogP contribution < -0.4 is 0 Å². The van der Waals surface area contributed by atoms with Crippen molar-refractivity contribution in [1.82, 2.24) is 9.97 Å². The Balaban J connectivity index is 1.18. The molecular weight excluding hydrogens is 661 g/mol. The van der Waals surface area contributed by atoms with Crippen LogP contribution in [0.4, 0.5) is 0 Å². The molecule has 3 heterocycles. The van der Waals surface area contributed by atoms with E-state index in [2.05, 4.69) is 140 Å². The highest BCUT2D eigenvalue weighted by Gasteiger charge is 2.18. The molecule has 0 fully saturated rings. The first-order valence-corrected chi connectivity index (χ1v) is 18.1. The Hall–Kier alpha value is -7.30. The van der Waals surface area contributed by atoms with Crippen molar-refractivity contribution in [3.8, 4) is 56.2 Å². The maximum absolute atomic E-state index is 6.36. The van der Waals surface area contributed by atoms with Crippen molar-refractivity contribution in [2.24, 2.45) is 0 Å². The molecule has 0 saturated heterocycles. The molecule has 0 spiro atoms. The van der Waals surface area contributed by atoms with Crippen LogP contribution >= 0.6 is 0 Å². The molecule has 0 radical (unpaired) electrons. The summed E-state index contributed by atoms with van der Waals surface area (Å²) in [6.45, 7) is 0. The normalized spacial score (nSPS) is 11.7. The van der Waals surface area contributed by atoms with Crippen molar-refractivity contribution in [2.45, 2.75) is 0 Å². The largest absolute Gasteiger partial charge is 0.456 e. The molecule has 0 saturated carbocycles. The van der Waals surface area contributed by atoms with Gasteiger partial charge in [-0.3, -0.25) is 0 Å². The van der Waals surface area contributed by atoms with Crippen LogP contribution in [0.3, 0.4) is 0 Å². The van der Waals surface area contributed by atoms with Crippen molar-refractivity contribution in [3.05, 3.63) is 182 Å². The molecule has 8 aromatic carbocycles. The van der Waals surface area contributed by atoms with E-state index in [4.69, 9.17) is 18.8 Å². The summed E-state index contributed by atoms with van der Waals surface area (Å²) < 4.78 is 12.5. The van der Waals surface area contributed by atoms with Gasteiger partial charge in [0, 0.05) is 38.2 Å². The zero-order valence-corrected chi connectivity index (χ0v) is 29.0. The molecule has 0 aliphatic rings. The van der Waals surface area contributed by atoms with Gasteiger partial charge in [-0.05, 0) is 93.7 Å². The van der Waals surface area contributed by atoms with E-state index >= 15 is 0 Å². The molecule has 54 heavy (non-hydrogen) atoms. The van der Waals surface area contributed by atoms with Crippen molar-refractivity contribution in [2.75, 3.05) is 0 Å². The summed E-state index contributed by atoms with van der Waals surface area (Å²) in [7, 11) is 0. The average molecular weight is 691 g/mol. The highest BCUT2D eigenvalue weighted by atomic mass is 16.3. The minimum absolute atomic E-state index is 0.651. The summed E-state index contributed by atoms with van der Waals surface area (Å²) in [4.78, 5) is 10.5. The van der Waals surface area contributed by atoms with Crippen LogP contribution in [-0.2, 0) is 0 Å². The number of fused-ring (bicyclic) bond motifs is 7. The molecule has 0 N–H and O–H groups in total. The van der Waals surface area contributed by atoms with E-state index in [0.717, 1.165) is 94.2 Å². The van der Waals surface area contributed by atoms with E-state index < -0.39 is 0 Å². The molecule has 0 atom stereocenters. The van der Waals surface area contributed by atoms with Gasteiger partial charge in [-0.15, -0.1) is 0 Å². The fourth-order valence-electron chi connectivity index (χ4n) is 7.92. The SMILES string of the molecule is c1ccc(-c2cc(-c3cc(-c4cccc5ccccc45)cc(-c4cccc5oc6ccccc6c45)c3)nc(-c3ccc4oc5ccccc5c4c3)n2)cc1. The van der Waals surface area contributed by atoms with Crippen molar-refractivity contribution in [3.63, 3.8) is 0 Å². The molecule has 0 aliphatic heterocycles. The Morgan fingerprint density at radius 3 is 1.74 bits per heavy atom. The second kappa shape index (κ2) is 12.1. The lowest BCUT2D eigenvalue weighted by Gasteiger charge is -2.15. The maximum atomic E-state index is 6.36. The van der Waals surface area contributed by atoms with Gasteiger partial charge in [-0.1, -0.05) is 121 Å². The van der Waals surface area contributed by atoms with E-state index in [9.17, 15) is 0 Å². The number of benzene rings is 8. The molecule has 0 aliphatic carbocycles. The number of hydrogen-bond acceptors (Lipinski definition) is 4. The molecule has 252 valence electrons. The second-order valence-corrected chi connectivity index (χ2v) is 13.7. The van der Waals surface area contributed by atoms with E-state index in [-0.39, 0.29) is 0 Å². The first-order chi connectivity index (χ1) is 26.7. The van der Waals surface area contributed by atoms with Gasteiger partial charge in [0.1, 0.15) is 22.3 Å². The predicted octanol–water partition coefficient (Wildman–Crippen LogP) is 13.8. The lowest BCUT2D eigenvalue weighted by atomic mass is 9.91. The van der Waals surface area contributed by atoms with Gasteiger partial charge < -0.3 is 8.83 Å². The van der Waals surface area contributed by atoms with Crippen molar-refractivity contribution >= 4 is 54.6 Å². The average Bonchev–Trinajstić information content (AvgIpc) is 3.82. The summed E-state index contributed by atoms with van der Waals surface area (Å²) in [5.74, 6) is 0.651. The maximum Gasteiger partial charge on any atom is 0.160 e. The van der Waals surface area contributed by atoms with E-state index in [1.54, 1.807) is 0 Å². The van der Waals surface area contributed by atoms with Crippen molar-refractivity contribution < 1.29 is 8.83 Å². The molecule has 4 heteroatoms. The van der Waals surface area contributed by atoms with Gasteiger partial charge in [0.05, 0.1) is 11.4 Å². The number of hydrogen-bond donors (Lipinski definition) is 0. The summed E-state index contributed by atoms with van der Waals surface area (Å²) >= 11 is 0. The third-order valence-corrected chi connectivity index (χ3v) is 10.5. The Morgan fingerprint density at radius 1 is 0.315 bits per heavy atom. The summed E-state index contributed by atoms with van der Waals surface area (Å²) in [5, 5.41) is 6.70. The minimum atomic E-state index is 0.651. The monoisotopic (exact) mass is 690 g/mol. The van der Waals surface area contributed by atoms with Gasteiger partial charge in [0.15, 0.2) is 5.82 Å². The highest BCUT2D eigenvalue weighted by Crippen LogP contribution is 2.41. The molecular formula is C50H30N2O2. The van der Waals surface area contributed by atoms with Gasteiger partial charge in [-0.2, -0.15) is 0 Å². The molecule has 11 aromatic rings. The first-order valence-electron chi connectivity index (χ1n) is 18.1. The van der Waals surface area contributed by atoms with Crippen LogP contribution in [0.2, 0.25) is 0 Å². The summed E-state index contributed by atoms with van der Waals surface area (Å²) in [6.07, 6.45) is 0. The lowest BCUT2D eigenvalue weighted by molar-refractivity contribution is 0.668. The number of nitrogens with zero attached hydrogens (tertiary/aromatic N) is 2. The van der Waals surface area contributed by atoms with Crippen LogP contribution in [0.1, 0.15) is 0 Å². The Morgan fingerprint density at radius 2 is 0.889 bits per heavy atom. The van der Waals surface area contributed by atoms with Crippen molar-refractivity contribution in [1.29, 1.82) is 0 Å². The van der Waals surface area contributed by atoms with Crippen LogP contribution in [0.5, 0.6) is 0 Å². The Labute approximate surface area is 310 Å². The Kier molecular flexibility index (Phi) is 6.82. The quantitative estimate of drug-likeness (QED) is 0.180. The van der Waals surface area contributed by atoms with Gasteiger partial charge >= 0.3 is 0 Å². The fourth-order valence-corrected chi connectivity index (χ4v) is 7.92. The lowest BCUT2D eigenvalue weighted by Crippen LogP contribution is -1.97. The minimum Gasteiger partial charge on any atom is -0.456 e. The standard InChI is InChI=1S/C50H30N2O2/c1-2-13-32(14-3-1)43-30-44(52-50(51-43)33-24-25-47-42(29-33)40-17-6-8-21-45(40)53-47)36-27-34(38-19-10-15-31-12-4-5-16-37(31)38)26-35(28-36)39-20-11-23-48-49(39)41-18-7-9-22-46(41)54-48/h1-30H. The summed E-state index contributed by atoms with van der Waals surface area (Å²) in [6, 6.07) is 63.4. The third kappa shape index (κ3) is 5.00. The van der Waals surface area contributed by atoms with Crippen LogP contribution in [-0.4, -0.2) is 9.97 Å². The van der Waals surface area contributed by atoms with Gasteiger partial charge in [0.2, 0.25) is 0 Å². The topological polar surface area (TPSA) is 52.1 Å². The molecule has 3 aromatic heterocycles. The predicted molar refractivity (Wildman–Crippen MR) is 221 cm³/mol. The molecule has 11 rings (SSSR count). The van der Waals surface area contributed by atoms with Crippen LogP contribution in [0.15, 0.2) is 191 Å². The zero-order chi connectivity index (χ0) is 35.6. The number of aromatic nitrogens is 2. The highest BCUT2D eigenvalue weighted by molar-refractivity contribution is 6.13. The smallest absolute Gasteiger partial charge is 0.160 e.